The van der Waals surface area contributed by atoms with E-state index < -0.39 is 10.0 Å². The summed E-state index contributed by atoms with van der Waals surface area (Å²) in [5, 5.41) is 2.96. The highest BCUT2D eigenvalue weighted by atomic mass is 32.2. The monoisotopic (exact) mass is 300 g/mol. The molecule has 0 radical (unpaired) electrons. The third-order valence-electron chi connectivity index (χ3n) is 3.90. The van der Waals surface area contributed by atoms with E-state index in [1.54, 1.807) is 20.0 Å². The summed E-state index contributed by atoms with van der Waals surface area (Å²) in [6, 6.07) is 1.61. The Morgan fingerprint density at radius 1 is 1.30 bits per heavy atom. The van der Waals surface area contributed by atoms with E-state index in [4.69, 9.17) is 4.42 Å². The molecule has 1 saturated carbocycles. The van der Waals surface area contributed by atoms with Crippen LogP contribution in [0.25, 0.3) is 0 Å². The largest absolute Gasteiger partial charge is 0.464 e. The Labute approximate surface area is 121 Å². The molecule has 0 aliphatic heterocycles. The molecule has 2 N–H and O–H groups in total. The Balaban J connectivity index is 2.21. The molecule has 20 heavy (non-hydrogen) atoms. The van der Waals surface area contributed by atoms with Crippen LogP contribution in [0.1, 0.15) is 50.5 Å². The first kappa shape index (κ1) is 15.5. The highest BCUT2D eigenvalue weighted by molar-refractivity contribution is 7.89. The summed E-state index contributed by atoms with van der Waals surface area (Å²) in [5.41, 5.74) is -0.329. The fourth-order valence-electron chi connectivity index (χ4n) is 2.87. The van der Waals surface area contributed by atoms with E-state index in [9.17, 15) is 8.42 Å². The van der Waals surface area contributed by atoms with E-state index in [2.05, 4.69) is 10.0 Å². The maximum absolute atomic E-state index is 12.6. The molecule has 1 aromatic rings. The molecule has 5 nitrogen and oxygen atoms in total. The molecule has 0 spiro atoms. The van der Waals surface area contributed by atoms with Crippen molar-refractivity contribution in [3.05, 3.63) is 17.6 Å². The smallest absolute Gasteiger partial charge is 0.244 e. The first-order chi connectivity index (χ1) is 9.36. The Morgan fingerprint density at radius 2 is 1.95 bits per heavy atom. The van der Waals surface area contributed by atoms with Gasteiger partial charge in [-0.05, 0) is 33.7 Å². The predicted octanol–water partition coefficient (Wildman–Crippen LogP) is 2.31. The molecule has 1 aromatic heterocycles. The molecular formula is C14H24N2O3S. The minimum absolute atomic E-state index is 0.259. The zero-order chi connectivity index (χ0) is 14.8. The standard InChI is InChI=1S/C14H24N2O3S/c1-11-13(9-12(19-11)10-15-3)20(17,18)16-14(2)7-5-4-6-8-14/h9,15-16H,4-8,10H2,1-3H3. The normalized spacial score (nSPS) is 19.1. The van der Waals surface area contributed by atoms with Gasteiger partial charge in [0.2, 0.25) is 10.0 Å². The van der Waals surface area contributed by atoms with Gasteiger partial charge in [0.1, 0.15) is 16.4 Å². The molecule has 1 heterocycles. The van der Waals surface area contributed by atoms with Crippen LogP contribution in [0.5, 0.6) is 0 Å². The Hall–Kier alpha value is -0.850. The average Bonchev–Trinajstić information content (AvgIpc) is 2.71. The van der Waals surface area contributed by atoms with Crippen molar-refractivity contribution in [1.82, 2.24) is 10.0 Å². The number of aryl methyl sites for hydroxylation is 1. The first-order valence-electron chi connectivity index (χ1n) is 7.14. The van der Waals surface area contributed by atoms with Crippen LogP contribution in [0.2, 0.25) is 0 Å². The Kier molecular flexibility index (Phi) is 4.56. The van der Waals surface area contributed by atoms with Crippen LogP contribution in [0.4, 0.5) is 0 Å². The fraction of sp³-hybridized carbons (Fsp3) is 0.714. The van der Waals surface area contributed by atoms with Crippen LogP contribution in [-0.2, 0) is 16.6 Å². The van der Waals surface area contributed by atoms with E-state index in [1.165, 1.54) is 6.42 Å². The number of furan rings is 1. The molecule has 0 bridgehead atoms. The van der Waals surface area contributed by atoms with Crippen molar-refractivity contribution in [2.24, 2.45) is 0 Å². The van der Waals surface area contributed by atoms with Crippen molar-refractivity contribution in [1.29, 1.82) is 0 Å². The lowest BCUT2D eigenvalue weighted by Crippen LogP contribution is -2.47. The van der Waals surface area contributed by atoms with Crippen molar-refractivity contribution in [2.75, 3.05) is 7.05 Å². The number of sulfonamides is 1. The quantitative estimate of drug-likeness (QED) is 0.875. The van der Waals surface area contributed by atoms with Gasteiger partial charge in [-0.2, -0.15) is 0 Å². The summed E-state index contributed by atoms with van der Waals surface area (Å²) in [6.07, 6.45) is 5.14. The summed E-state index contributed by atoms with van der Waals surface area (Å²) in [4.78, 5) is 0.259. The minimum atomic E-state index is -3.52. The molecule has 0 amide bonds. The fourth-order valence-corrected chi connectivity index (χ4v) is 4.54. The SMILES string of the molecule is CNCc1cc(S(=O)(=O)NC2(C)CCCCC2)c(C)o1. The highest BCUT2D eigenvalue weighted by Crippen LogP contribution is 2.30. The van der Waals surface area contributed by atoms with Crippen LogP contribution < -0.4 is 10.0 Å². The molecule has 0 aromatic carbocycles. The van der Waals surface area contributed by atoms with Gasteiger partial charge >= 0.3 is 0 Å². The maximum atomic E-state index is 12.6. The molecule has 2 rings (SSSR count). The van der Waals surface area contributed by atoms with Gasteiger partial charge in [0.15, 0.2) is 0 Å². The summed E-state index contributed by atoms with van der Waals surface area (Å²) < 4.78 is 33.5. The first-order valence-corrected chi connectivity index (χ1v) is 8.62. The van der Waals surface area contributed by atoms with E-state index >= 15 is 0 Å². The lowest BCUT2D eigenvalue weighted by atomic mass is 9.84. The second kappa shape index (κ2) is 5.87. The van der Waals surface area contributed by atoms with Gasteiger partial charge < -0.3 is 9.73 Å². The van der Waals surface area contributed by atoms with Gasteiger partial charge in [0.25, 0.3) is 0 Å². The molecular weight excluding hydrogens is 276 g/mol. The van der Waals surface area contributed by atoms with Gasteiger partial charge in [0, 0.05) is 11.6 Å². The minimum Gasteiger partial charge on any atom is -0.464 e. The third kappa shape index (κ3) is 3.42. The van der Waals surface area contributed by atoms with Crippen molar-refractivity contribution >= 4 is 10.0 Å². The molecule has 114 valence electrons. The highest BCUT2D eigenvalue weighted by Gasteiger charge is 2.33. The van der Waals surface area contributed by atoms with Gasteiger partial charge in [-0.1, -0.05) is 19.3 Å². The van der Waals surface area contributed by atoms with Crippen LogP contribution in [-0.4, -0.2) is 21.0 Å². The summed E-state index contributed by atoms with van der Waals surface area (Å²) in [7, 11) is -1.72. The maximum Gasteiger partial charge on any atom is 0.244 e. The second-order valence-corrected chi connectivity index (χ2v) is 7.54. The van der Waals surface area contributed by atoms with E-state index in [0.717, 1.165) is 25.7 Å². The van der Waals surface area contributed by atoms with Crippen molar-refractivity contribution in [2.45, 2.75) is 62.9 Å². The molecule has 0 saturated heterocycles. The molecule has 1 aliphatic carbocycles. The van der Waals surface area contributed by atoms with Crippen LogP contribution in [0.3, 0.4) is 0 Å². The molecule has 6 heteroatoms. The average molecular weight is 300 g/mol. The summed E-state index contributed by atoms with van der Waals surface area (Å²) in [5.74, 6) is 1.08. The van der Waals surface area contributed by atoms with Crippen LogP contribution in [0, 0.1) is 6.92 Å². The molecule has 0 atom stereocenters. The van der Waals surface area contributed by atoms with Gasteiger partial charge in [-0.15, -0.1) is 0 Å². The van der Waals surface area contributed by atoms with Gasteiger partial charge in [-0.3, -0.25) is 0 Å². The van der Waals surface area contributed by atoms with E-state index in [0.29, 0.717) is 18.1 Å². The number of hydrogen-bond donors (Lipinski definition) is 2. The Bertz CT molecular complexity index is 557. The van der Waals surface area contributed by atoms with E-state index in [1.807, 2.05) is 6.92 Å². The lowest BCUT2D eigenvalue weighted by Gasteiger charge is -2.33. The van der Waals surface area contributed by atoms with Crippen LogP contribution in [0.15, 0.2) is 15.4 Å². The lowest BCUT2D eigenvalue weighted by molar-refractivity contribution is 0.294. The number of nitrogens with one attached hydrogen (secondary N) is 2. The van der Waals surface area contributed by atoms with Gasteiger partial charge in [-0.25, -0.2) is 13.1 Å². The summed E-state index contributed by atoms with van der Waals surface area (Å²) >= 11 is 0. The molecule has 1 fully saturated rings. The topological polar surface area (TPSA) is 71.3 Å². The van der Waals surface area contributed by atoms with Crippen molar-refractivity contribution in [3.8, 4) is 0 Å². The zero-order valence-corrected chi connectivity index (χ0v) is 13.3. The zero-order valence-electron chi connectivity index (χ0n) is 12.5. The van der Waals surface area contributed by atoms with E-state index in [-0.39, 0.29) is 10.4 Å². The molecule has 1 aliphatic rings. The number of rotatable bonds is 5. The van der Waals surface area contributed by atoms with Crippen molar-refractivity contribution in [3.63, 3.8) is 0 Å². The Morgan fingerprint density at radius 3 is 2.55 bits per heavy atom. The van der Waals surface area contributed by atoms with Crippen molar-refractivity contribution < 1.29 is 12.8 Å². The third-order valence-corrected chi connectivity index (χ3v) is 5.65. The molecule has 0 unspecified atom stereocenters. The predicted molar refractivity (Wildman–Crippen MR) is 78.0 cm³/mol. The number of hydrogen-bond acceptors (Lipinski definition) is 4. The van der Waals surface area contributed by atoms with Gasteiger partial charge in [0.05, 0.1) is 6.54 Å². The van der Waals surface area contributed by atoms with Crippen LogP contribution >= 0.6 is 0 Å². The second-order valence-electron chi connectivity index (χ2n) is 5.89. The summed E-state index contributed by atoms with van der Waals surface area (Å²) in [6.45, 7) is 4.21.